The molecule has 3 aromatic carbocycles. The molecule has 1 N–H and O–H groups in total. The summed E-state index contributed by atoms with van der Waals surface area (Å²) in [5, 5.41) is 4.90. The Morgan fingerprint density at radius 1 is 1.00 bits per heavy atom. The molecule has 3 aromatic rings. The van der Waals surface area contributed by atoms with Crippen molar-refractivity contribution in [2.24, 2.45) is 0 Å². The Balaban J connectivity index is 1.48. The summed E-state index contributed by atoms with van der Waals surface area (Å²) in [5.41, 5.74) is 3.07. The van der Waals surface area contributed by atoms with E-state index in [4.69, 9.17) is 0 Å². The number of piperazine rings is 1. The molecular weight excluding hydrogens is 377 g/mol. The first-order valence-electron chi connectivity index (χ1n) is 10.5. The van der Waals surface area contributed by atoms with Crippen LogP contribution in [0.5, 0.6) is 0 Å². The third-order valence-corrected chi connectivity index (χ3v) is 5.86. The van der Waals surface area contributed by atoms with Gasteiger partial charge < -0.3 is 10.2 Å². The Hall–Kier alpha value is -2.76. The Labute approximate surface area is 177 Å². The molecule has 156 valence electrons. The number of hydrogen-bond acceptors (Lipinski definition) is 3. The summed E-state index contributed by atoms with van der Waals surface area (Å²) in [6.07, 6.45) is 0. The average molecular weight is 406 g/mol. The van der Waals surface area contributed by atoms with E-state index in [0.29, 0.717) is 17.7 Å². The molecule has 1 saturated heterocycles. The molecule has 0 aliphatic carbocycles. The van der Waals surface area contributed by atoms with Gasteiger partial charge in [0.25, 0.3) is 5.91 Å². The van der Waals surface area contributed by atoms with E-state index in [0.717, 1.165) is 54.6 Å². The largest absolute Gasteiger partial charge is 0.351 e. The van der Waals surface area contributed by atoms with E-state index in [1.165, 1.54) is 6.07 Å². The van der Waals surface area contributed by atoms with Gasteiger partial charge in [0.2, 0.25) is 0 Å². The highest BCUT2D eigenvalue weighted by Gasteiger charge is 2.14. The summed E-state index contributed by atoms with van der Waals surface area (Å²) in [4.78, 5) is 17.3. The first-order chi connectivity index (χ1) is 14.5. The number of benzene rings is 3. The van der Waals surface area contributed by atoms with Crippen molar-refractivity contribution in [2.45, 2.75) is 6.92 Å². The summed E-state index contributed by atoms with van der Waals surface area (Å²) in [6.45, 7) is 7.68. The van der Waals surface area contributed by atoms with Gasteiger partial charge in [-0.3, -0.25) is 9.69 Å². The SMILES string of the molecule is Cc1ccc(F)c(-c2cccc3cc(C(=O)NCCN4CCN(C)CC4)ccc23)c1. The van der Waals surface area contributed by atoms with Gasteiger partial charge in [0.15, 0.2) is 0 Å². The minimum Gasteiger partial charge on any atom is -0.351 e. The van der Waals surface area contributed by atoms with Crippen LogP contribution in [-0.2, 0) is 0 Å². The van der Waals surface area contributed by atoms with Crippen LogP contribution in [0.2, 0.25) is 0 Å². The lowest BCUT2D eigenvalue weighted by molar-refractivity contribution is 0.0941. The van der Waals surface area contributed by atoms with Gasteiger partial charge in [-0.25, -0.2) is 4.39 Å². The van der Waals surface area contributed by atoms with E-state index in [-0.39, 0.29) is 11.7 Å². The highest BCUT2D eigenvalue weighted by atomic mass is 19.1. The minimum absolute atomic E-state index is 0.0711. The lowest BCUT2D eigenvalue weighted by atomic mass is 9.95. The number of nitrogens with one attached hydrogen (secondary N) is 1. The zero-order valence-electron chi connectivity index (χ0n) is 17.6. The summed E-state index contributed by atoms with van der Waals surface area (Å²) < 4.78 is 14.4. The molecule has 1 amide bonds. The van der Waals surface area contributed by atoms with Crippen LogP contribution in [0.3, 0.4) is 0 Å². The first kappa shape index (κ1) is 20.5. The highest BCUT2D eigenvalue weighted by molar-refractivity contribution is 6.02. The standard InChI is InChI=1S/C25H28FN3O/c1-18-6-9-24(26)23(16-18)22-5-3-4-19-17-20(7-8-21(19)22)25(30)27-10-11-29-14-12-28(2)13-15-29/h3-9,16-17H,10-15H2,1-2H3,(H,27,30). The van der Waals surface area contributed by atoms with Crippen LogP contribution < -0.4 is 5.32 Å². The fraction of sp³-hybridized carbons (Fsp3) is 0.320. The molecular formula is C25H28FN3O. The molecule has 0 spiro atoms. The molecule has 0 unspecified atom stereocenters. The van der Waals surface area contributed by atoms with Gasteiger partial charge in [0, 0.05) is 50.4 Å². The van der Waals surface area contributed by atoms with Crippen molar-refractivity contribution in [2.75, 3.05) is 46.3 Å². The third-order valence-electron chi connectivity index (χ3n) is 5.86. The summed E-state index contributed by atoms with van der Waals surface area (Å²) in [6, 6.07) is 16.6. The fourth-order valence-corrected chi connectivity index (χ4v) is 4.01. The number of amides is 1. The van der Waals surface area contributed by atoms with Gasteiger partial charge in [-0.1, -0.05) is 35.9 Å². The van der Waals surface area contributed by atoms with Gasteiger partial charge in [0.1, 0.15) is 5.82 Å². The van der Waals surface area contributed by atoms with Gasteiger partial charge in [-0.2, -0.15) is 0 Å². The maximum atomic E-state index is 14.4. The molecule has 5 heteroatoms. The van der Waals surface area contributed by atoms with Gasteiger partial charge >= 0.3 is 0 Å². The van der Waals surface area contributed by atoms with Gasteiger partial charge in [-0.15, -0.1) is 0 Å². The predicted molar refractivity (Wildman–Crippen MR) is 120 cm³/mol. The van der Waals surface area contributed by atoms with Crippen LogP contribution in [0.1, 0.15) is 15.9 Å². The second-order valence-electron chi connectivity index (χ2n) is 8.13. The zero-order chi connectivity index (χ0) is 21.1. The predicted octanol–water partition coefficient (Wildman–Crippen LogP) is 3.93. The van der Waals surface area contributed by atoms with Gasteiger partial charge in [0.05, 0.1) is 0 Å². The summed E-state index contributed by atoms with van der Waals surface area (Å²) in [7, 11) is 2.14. The summed E-state index contributed by atoms with van der Waals surface area (Å²) in [5.74, 6) is -0.308. The van der Waals surface area contributed by atoms with Crippen LogP contribution in [-0.4, -0.2) is 62.0 Å². The number of aryl methyl sites for hydroxylation is 1. The minimum atomic E-state index is -0.237. The van der Waals surface area contributed by atoms with E-state index in [1.54, 1.807) is 6.07 Å². The van der Waals surface area contributed by atoms with E-state index in [2.05, 4.69) is 22.2 Å². The fourth-order valence-electron chi connectivity index (χ4n) is 4.01. The molecule has 0 aromatic heterocycles. The van der Waals surface area contributed by atoms with Crippen molar-refractivity contribution in [3.05, 3.63) is 71.5 Å². The number of rotatable bonds is 5. The lowest BCUT2D eigenvalue weighted by Gasteiger charge is -2.32. The first-order valence-corrected chi connectivity index (χ1v) is 10.5. The quantitative estimate of drug-likeness (QED) is 0.699. The summed E-state index contributed by atoms with van der Waals surface area (Å²) >= 11 is 0. The molecule has 0 radical (unpaired) electrons. The number of carbonyl (C=O) groups is 1. The van der Waals surface area contributed by atoms with Gasteiger partial charge in [-0.05, 0) is 54.6 Å². The molecule has 1 heterocycles. The van der Waals surface area contributed by atoms with Crippen LogP contribution >= 0.6 is 0 Å². The molecule has 4 rings (SSSR count). The molecule has 4 nitrogen and oxygen atoms in total. The van der Waals surface area contributed by atoms with E-state index in [1.807, 2.05) is 49.4 Å². The average Bonchev–Trinajstić information content (AvgIpc) is 2.76. The van der Waals surface area contributed by atoms with Crippen LogP contribution in [0.25, 0.3) is 21.9 Å². The van der Waals surface area contributed by atoms with Crippen molar-refractivity contribution in [3.63, 3.8) is 0 Å². The second kappa shape index (κ2) is 8.94. The molecule has 0 bridgehead atoms. The van der Waals surface area contributed by atoms with Crippen LogP contribution in [0.15, 0.2) is 54.6 Å². The lowest BCUT2D eigenvalue weighted by Crippen LogP contribution is -2.46. The molecule has 0 atom stereocenters. The van der Waals surface area contributed by atoms with E-state index in [9.17, 15) is 9.18 Å². The van der Waals surface area contributed by atoms with Crippen LogP contribution in [0.4, 0.5) is 4.39 Å². The third kappa shape index (κ3) is 4.53. The number of carbonyl (C=O) groups excluding carboxylic acids is 1. The Morgan fingerprint density at radius 3 is 2.60 bits per heavy atom. The Morgan fingerprint density at radius 2 is 1.80 bits per heavy atom. The van der Waals surface area contributed by atoms with Crippen LogP contribution in [0, 0.1) is 12.7 Å². The Bertz CT molecular complexity index is 1060. The number of fused-ring (bicyclic) bond motifs is 1. The monoisotopic (exact) mass is 405 g/mol. The highest BCUT2D eigenvalue weighted by Crippen LogP contribution is 2.31. The number of likely N-dealkylation sites (N-methyl/N-ethyl adjacent to an activating group) is 1. The molecule has 1 aliphatic heterocycles. The topological polar surface area (TPSA) is 35.6 Å². The number of nitrogens with zero attached hydrogens (tertiary/aromatic N) is 2. The van der Waals surface area contributed by atoms with E-state index >= 15 is 0 Å². The molecule has 30 heavy (non-hydrogen) atoms. The maximum absolute atomic E-state index is 14.4. The van der Waals surface area contributed by atoms with Crippen molar-refractivity contribution in [1.29, 1.82) is 0 Å². The van der Waals surface area contributed by atoms with Crippen molar-refractivity contribution in [1.82, 2.24) is 15.1 Å². The smallest absolute Gasteiger partial charge is 0.251 e. The van der Waals surface area contributed by atoms with Crippen molar-refractivity contribution >= 4 is 16.7 Å². The van der Waals surface area contributed by atoms with Crippen molar-refractivity contribution < 1.29 is 9.18 Å². The second-order valence-corrected chi connectivity index (χ2v) is 8.13. The Kier molecular flexibility index (Phi) is 6.11. The van der Waals surface area contributed by atoms with E-state index < -0.39 is 0 Å². The normalized spacial score (nSPS) is 15.4. The molecule has 0 saturated carbocycles. The number of hydrogen-bond donors (Lipinski definition) is 1. The maximum Gasteiger partial charge on any atom is 0.251 e. The van der Waals surface area contributed by atoms with Crippen molar-refractivity contribution in [3.8, 4) is 11.1 Å². The molecule has 1 aliphatic rings. The molecule has 1 fully saturated rings. The zero-order valence-corrected chi connectivity index (χ0v) is 17.6. The number of halogens is 1.